The number of fused-ring (bicyclic) bond motifs is 3. The average Bonchev–Trinajstić information content (AvgIpc) is 3.77. The second kappa shape index (κ2) is 23.0. The first-order valence-corrected chi connectivity index (χ1v) is 28.1. The Morgan fingerprint density at radius 3 is 1.67 bits per heavy atom. The molecule has 4 aromatic carbocycles. The lowest BCUT2D eigenvalue weighted by Gasteiger charge is -2.53. The van der Waals surface area contributed by atoms with Crippen molar-refractivity contribution < 1.29 is 54.1 Å². The zero-order chi connectivity index (χ0) is 54.7. The van der Waals surface area contributed by atoms with E-state index in [2.05, 4.69) is 26.6 Å². The fraction of sp³-hybridized carbons (Fsp3) is 0.481. The summed E-state index contributed by atoms with van der Waals surface area (Å²) < 4.78 is 115. The Labute approximate surface area is 447 Å². The smallest absolute Gasteiger partial charge is 0.288 e. The molecular weight excluding hydrogens is 1060 g/mol. The third-order valence-electron chi connectivity index (χ3n) is 13.2. The Kier molecular flexibility index (Phi) is 17.8. The fourth-order valence-corrected chi connectivity index (χ4v) is 11.2. The summed E-state index contributed by atoms with van der Waals surface area (Å²) >= 11 is 11.7. The first-order chi connectivity index (χ1) is 35.1. The van der Waals surface area contributed by atoms with Crippen LogP contribution in [0.25, 0.3) is 11.4 Å². The molecule has 2 atom stereocenters. The molecule has 5 aliphatic heterocycles. The van der Waals surface area contributed by atoms with Crippen LogP contribution in [0.4, 0.5) is 20.2 Å². The summed E-state index contributed by atoms with van der Waals surface area (Å²) in [6.07, 6.45) is 3.98. The van der Waals surface area contributed by atoms with Crippen LogP contribution in [0.3, 0.4) is 0 Å². The van der Waals surface area contributed by atoms with E-state index in [-0.39, 0.29) is 64.9 Å². The lowest BCUT2D eigenvalue weighted by molar-refractivity contribution is -0.487. The first kappa shape index (κ1) is 57.9. The lowest BCUT2D eigenvalue weighted by Crippen LogP contribution is -2.63. The molecule has 1 amide bonds. The highest BCUT2D eigenvalue weighted by Crippen LogP contribution is 2.44. The number of nitrogen functional groups attached to an aromatic ring is 1. The number of benzene rings is 4. The number of carbonyl (C=O) groups is 1. The number of anilines is 2. The monoisotopic (exact) mass is 1120 g/mol. The van der Waals surface area contributed by atoms with Gasteiger partial charge < -0.3 is 28.3 Å². The van der Waals surface area contributed by atoms with Crippen molar-refractivity contribution in [3.05, 3.63) is 117 Å². The minimum Gasteiger partial charge on any atom is -0.381 e. The van der Waals surface area contributed by atoms with Gasteiger partial charge in [-0.15, -0.1) is 10.2 Å². The second-order valence-corrected chi connectivity index (χ2v) is 25.6. The van der Waals surface area contributed by atoms with Gasteiger partial charge in [0.2, 0.25) is 0 Å². The predicted octanol–water partition coefficient (Wildman–Crippen LogP) is 9.60. The number of hydrazine groups is 1. The molecule has 5 aromatic rings. The Hall–Kier alpha value is -4.81. The summed E-state index contributed by atoms with van der Waals surface area (Å²) in [4.78, 5) is 11.9. The van der Waals surface area contributed by atoms with E-state index in [9.17, 15) is 30.4 Å². The maximum absolute atomic E-state index is 14.4. The number of amides is 1. The van der Waals surface area contributed by atoms with E-state index >= 15 is 0 Å². The molecule has 0 radical (unpaired) electrons. The van der Waals surface area contributed by atoms with E-state index in [1.807, 2.05) is 47.0 Å². The number of nitrogens with zero attached hydrogens (tertiary/aromatic N) is 3. The highest BCUT2D eigenvalue weighted by atomic mass is 35.5. The zero-order valence-corrected chi connectivity index (χ0v) is 46.3. The minimum absolute atomic E-state index is 0.0278. The number of hydrogen-bond acceptors (Lipinski definition) is 13. The predicted molar refractivity (Wildman–Crippen MR) is 281 cm³/mol. The van der Waals surface area contributed by atoms with Crippen molar-refractivity contribution in [3.63, 3.8) is 0 Å². The van der Waals surface area contributed by atoms with Crippen molar-refractivity contribution in [1.82, 2.24) is 20.2 Å². The molecule has 0 spiro atoms. The second-order valence-electron chi connectivity index (χ2n) is 21.4. The van der Waals surface area contributed by atoms with E-state index in [1.165, 1.54) is 18.2 Å². The van der Waals surface area contributed by atoms with E-state index in [0.717, 1.165) is 93.9 Å². The average molecular weight is 1120 g/mol. The molecule has 2 unspecified atom stereocenters. The summed E-state index contributed by atoms with van der Waals surface area (Å²) in [5.74, 6) is 3.27. The summed E-state index contributed by atoms with van der Waals surface area (Å²) in [5, 5.41) is 8.12. The van der Waals surface area contributed by atoms with Gasteiger partial charge in [-0.25, -0.2) is 31.5 Å². The molecule has 408 valence electrons. The molecule has 5 N–H and O–H groups in total. The van der Waals surface area contributed by atoms with E-state index in [4.69, 9.17) is 52.7 Å². The molecule has 1 aromatic heterocycles. The van der Waals surface area contributed by atoms with Crippen LogP contribution in [0.1, 0.15) is 107 Å². The van der Waals surface area contributed by atoms with Crippen LogP contribution < -0.4 is 20.7 Å². The molecule has 0 aliphatic carbocycles. The van der Waals surface area contributed by atoms with Gasteiger partial charge >= 0.3 is 0 Å². The zero-order valence-electron chi connectivity index (χ0n) is 43.2. The summed E-state index contributed by atoms with van der Waals surface area (Å²) in [7, 11) is -6.26. The number of halogens is 4. The molecule has 75 heavy (non-hydrogen) atoms. The van der Waals surface area contributed by atoms with Gasteiger partial charge in [-0.05, 0) is 84.0 Å². The fourth-order valence-electron chi connectivity index (χ4n) is 8.71. The van der Waals surface area contributed by atoms with Crippen molar-refractivity contribution in [2.24, 2.45) is 24.2 Å². The van der Waals surface area contributed by atoms with Crippen LogP contribution in [-0.2, 0) is 61.6 Å². The minimum atomic E-state index is -4.05. The maximum atomic E-state index is 14.4. The number of hydrogen-bond donors (Lipinski definition) is 4. The van der Waals surface area contributed by atoms with Gasteiger partial charge in [0, 0.05) is 49.3 Å². The number of aromatic nitrogens is 3. The topological polar surface area (TPSA) is 224 Å². The number of rotatable bonds is 10. The summed E-state index contributed by atoms with van der Waals surface area (Å²) in [5.41, 5.74) is 3.52. The van der Waals surface area contributed by atoms with Gasteiger partial charge in [-0.3, -0.25) is 19.7 Å². The van der Waals surface area contributed by atoms with Crippen molar-refractivity contribution in [2.75, 3.05) is 55.7 Å². The number of ether oxygens (including phenoxy) is 5. The largest absolute Gasteiger partial charge is 0.381 e. The molecule has 5 aliphatic rings. The highest BCUT2D eigenvalue weighted by molar-refractivity contribution is 7.93. The van der Waals surface area contributed by atoms with Crippen molar-refractivity contribution >= 4 is 60.5 Å². The number of nitrogens with two attached hydrogens (primary N) is 1. The molecular formula is C52H65Cl2F2N7O10S2. The Bertz CT molecular complexity index is 3040. The molecule has 6 heterocycles. The van der Waals surface area contributed by atoms with Crippen LogP contribution in [0.15, 0.2) is 82.6 Å². The number of nitrogens with one attached hydrogen (secondary N) is 3. The van der Waals surface area contributed by atoms with Gasteiger partial charge in [-0.2, -0.15) is 0 Å². The van der Waals surface area contributed by atoms with Gasteiger partial charge in [0.25, 0.3) is 31.9 Å². The van der Waals surface area contributed by atoms with Crippen LogP contribution in [-0.4, -0.2) is 89.7 Å². The molecule has 10 rings (SSSR count). The third kappa shape index (κ3) is 13.7. The van der Waals surface area contributed by atoms with Gasteiger partial charge in [0.1, 0.15) is 17.5 Å². The van der Waals surface area contributed by atoms with Gasteiger partial charge in [-0.1, -0.05) is 95.9 Å². The standard InChI is InChI=1S/C24H28ClFN4O3S.C17H19ClFN3O3S.C11H18O4/c1-24(2,3)16-7-9-17(10-8-16)34(31,32)29-21-13-20(26)19(25)12-18(21)23-28-27-22(30(23)4)15-6-5-11-33-14-15;1-17(2,3)10-4-6-11(7-5-10)26(24,25)22-15-9-14(19)13(18)8-12(15)16(23)21-20;1-10-6-13-11(14-7-10,15-8-10)9-3-2-4-12-5-9/h7-10,12-13,15,29H,5-6,11,14H2,1-4H3;4-9,22H,20H2,1-3H3,(H,21,23);9H,2-8H2,1H3. The van der Waals surface area contributed by atoms with Crippen molar-refractivity contribution in [3.8, 4) is 11.4 Å². The Balaban J connectivity index is 0.000000176. The third-order valence-corrected chi connectivity index (χ3v) is 16.6. The molecule has 17 nitrogen and oxygen atoms in total. The lowest BCUT2D eigenvalue weighted by atomic mass is 9.87. The molecule has 5 saturated heterocycles. The molecule has 5 fully saturated rings. The quantitative estimate of drug-likeness (QED) is 0.0582. The van der Waals surface area contributed by atoms with Crippen LogP contribution in [0, 0.1) is 23.0 Å². The normalized spacial score (nSPS) is 22.0. The van der Waals surface area contributed by atoms with Crippen molar-refractivity contribution in [1.29, 1.82) is 0 Å². The van der Waals surface area contributed by atoms with E-state index < -0.39 is 43.6 Å². The molecule has 23 heteroatoms. The number of sulfonamides is 2. The highest BCUT2D eigenvalue weighted by Gasteiger charge is 2.55. The van der Waals surface area contributed by atoms with Gasteiger partial charge in [0.15, 0.2) is 5.82 Å². The molecule has 2 bridgehead atoms. The maximum Gasteiger partial charge on any atom is 0.288 e. The SMILES string of the molecule is CC(C)(C)c1ccc(S(=O)(=O)Nc2cc(F)c(Cl)cc2C(=O)NN)cc1.CC12COC(C3CCCOC3)(OC1)OC2.Cn1c(-c2cc(Cl)c(F)cc2NS(=O)(=O)c2ccc(C(C)(C)C)cc2)nnc1C1CCCOC1. The van der Waals surface area contributed by atoms with E-state index in [1.54, 1.807) is 48.0 Å². The van der Waals surface area contributed by atoms with Crippen molar-refractivity contribution in [2.45, 2.75) is 107 Å². The Morgan fingerprint density at radius 2 is 1.20 bits per heavy atom. The van der Waals surface area contributed by atoms with Crippen LogP contribution in [0.2, 0.25) is 10.0 Å². The first-order valence-electron chi connectivity index (χ1n) is 24.4. The van der Waals surface area contributed by atoms with Crippen LogP contribution in [0.5, 0.6) is 0 Å². The molecule has 0 saturated carbocycles. The summed E-state index contributed by atoms with van der Waals surface area (Å²) in [6, 6.07) is 17.2. The van der Waals surface area contributed by atoms with E-state index in [0.29, 0.717) is 24.6 Å². The van der Waals surface area contributed by atoms with Gasteiger partial charge in [0.05, 0.1) is 75.7 Å². The summed E-state index contributed by atoms with van der Waals surface area (Å²) in [6.45, 7) is 19.3. The Morgan fingerprint density at radius 1 is 0.720 bits per heavy atom. The van der Waals surface area contributed by atoms with Crippen LogP contribution >= 0.6 is 23.2 Å². The number of carbonyl (C=O) groups excluding carboxylic acids is 1.